The highest BCUT2D eigenvalue weighted by Crippen LogP contribution is 2.12. The van der Waals surface area contributed by atoms with E-state index in [9.17, 15) is 0 Å². The molecule has 3 heteroatoms. The van der Waals surface area contributed by atoms with Gasteiger partial charge in [0.25, 0.3) is 5.95 Å². The van der Waals surface area contributed by atoms with Gasteiger partial charge in [-0.2, -0.15) is 0 Å². The van der Waals surface area contributed by atoms with Crippen molar-refractivity contribution in [3.05, 3.63) is 12.0 Å². The first-order valence-electron chi connectivity index (χ1n) is 4.95. The van der Waals surface area contributed by atoms with Gasteiger partial charge in [-0.05, 0) is 26.0 Å². The molecule has 0 aliphatic rings. The van der Waals surface area contributed by atoms with Crippen LogP contribution in [0.1, 0.15) is 13.8 Å². The Bertz CT molecular complexity index is 151. The van der Waals surface area contributed by atoms with E-state index in [0.717, 1.165) is 6.04 Å². The molecule has 0 fully saturated rings. The lowest BCUT2D eigenvalue weighted by Crippen LogP contribution is -2.18. The topological polar surface area (TPSA) is 18.5 Å². The Kier molecular flexibility index (Phi) is 5.87. The van der Waals surface area contributed by atoms with Crippen molar-refractivity contribution in [3.63, 3.8) is 0 Å². The van der Waals surface area contributed by atoms with E-state index in [1.807, 2.05) is 13.8 Å². The Morgan fingerprint density at radius 1 is 1.08 bits per heavy atom. The normalized spacial score (nSPS) is 10.8. The zero-order chi connectivity index (χ0) is 10.3. The minimum Gasteiger partial charge on any atom is -0.466 e. The molecule has 0 saturated carbocycles. The molecule has 0 aromatic rings. The molecule has 0 heterocycles. The fourth-order valence-corrected chi connectivity index (χ4v) is 1.61. The summed E-state index contributed by atoms with van der Waals surface area (Å²) < 4.78 is 10.7. The van der Waals surface area contributed by atoms with Gasteiger partial charge in [0.15, 0.2) is 0 Å². The zero-order valence-corrected chi connectivity index (χ0v) is 10.5. The predicted octanol–water partition coefficient (Wildman–Crippen LogP) is 3.24. The molecular formula is C10H22O2Si. The maximum absolute atomic E-state index is 5.34. The van der Waals surface area contributed by atoms with Crippen molar-refractivity contribution < 1.29 is 9.47 Å². The predicted molar refractivity (Wildman–Crippen MR) is 59.5 cm³/mol. The first-order valence-corrected chi connectivity index (χ1v) is 8.66. The standard InChI is InChI=1S/C10H22O2Si/c1-6-11-10(12-7-2)8-9-13(3,4)5/h8H,6-7,9H2,1-5H3. The van der Waals surface area contributed by atoms with Crippen LogP contribution in [0, 0.1) is 0 Å². The van der Waals surface area contributed by atoms with Crippen molar-refractivity contribution in [2.24, 2.45) is 0 Å². The lowest BCUT2D eigenvalue weighted by molar-refractivity contribution is 0.0461. The zero-order valence-electron chi connectivity index (χ0n) is 9.52. The summed E-state index contributed by atoms with van der Waals surface area (Å²) in [5.41, 5.74) is 0. The maximum Gasteiger partial charge on any atom is 0.274 e. The van der Waals surface area contributed by atoms with E-state index in [-0.39, 0.29) is 0 Å². The molecule has 0 atom stereocenters. The van der Waals surface area contributed by atoms with Crippen LogP contribution < -0.4 is 0 Å². The van der Waals surface area contributed by atoms with Crippen molar-refractivity contribution in [2.75, 3.05) is 13.2 Å². The minimum atomic E-state index is -1.01. The Morgan fingerprint density at radius 3 is 1.85 bits per heavy atom. The molecule has 0 saturated heterocycles. The third kappa shape index (κ3) is 7.90. The number of rotatable bonds is 6. The summed E-state index contributed by atoms with van der Waals surface area (Å²) in [5, 5.41) is 0. The number of ether oxygens (including phenoxy) is 2. The van der Waals surface area contributed by atoms with Crippen LogP contribution in [0.25, 0.3) is 0 Å². The third-order valence-corrected chi connectivity index (χ3v) is 2.88. The Morgan fingerprint density at radius 2 is 1.54 bits per heavy atom. The molecule has 0 rings (SSSR count). The summed E-state index contributed by atoms with van der Waals surface area (Å²) in [5.74, 6) is 0.701. The summed E-state index contributed by atoms with van der Waals surface area (Å²) in [7, 11) is -1.01. The highest BCUT2D eigenvalue weighted by atomic mass is 28.3. The SMILES string of the molecule is CCOC(=CC[Si](C)(C)C)OCC. The van der Waals surface area contributed by atoms with E-state index in [0.29, 0.717) is 19.2 Å². The number of hydrogen-bond donors (Lipinski definition) is 0. The van der Waals surface area contributed by atoms with E-state index in [1.165, 1.54) is 0 Å². The van der Waals surface area contributed by atoms with Gasteiger partial charge in [-0.15, -0.1) is 0 Å². The summed E-state index contributed by atoms with van der Waals surface area (Å²) >= 11 is 0. The fraction of sp³-hybridized carbons (Fsp3) is 0.800. The summed E-state index contributed by atoms with van der Waals surface area (Å²) in [4.78, 5) is 0. The molecule has 2 nitrogen and oxygen atoms in total. The first-order chi connectivity index (χ1) is 5.99. The van der Waals surface area contributed by atoms with Gasteiger partial charge in [-0.1, -0.05) is 19.6 Å². The van der Waals surface area contributed by atoms with Crippen LogP contribution in [0.2, 0.25) is 25.7 Å². The largest absolute Gasteiger partial charge is 0.466 e. The van der Waals surface area contributed by atoms with E-state index in [1.54, 1.807) is 0 Å². The van der Waals surface area contributed by atoms with Gasteiger partial charge in [0.05, 0.1) is 13.2 Å². The molecule has 0 spiro atoms. The fourth-order valence-electron chi connectivity index (χ4n) is 0.834. The van der Waals surface area contributed by atoms with Crippen LogP contribution in [0.3, 0.4) is 0 Å². The van der Waals surface area contributed by atoms with Gasteiger partial charge in [0.2, 0.25) is 0 Å². The number of allylic oxidation sites excluding steroid dienone is 1. The molecular weight excluding hydrogens is 180 g/mol. The second-order valence-electron chi connectivity index (χ2n) is 4.15. The van der Waals surface area contributed by atoms with Crippen LogP contribution in [0.15, 0.2) is 12.0 Å². The summed E-state index contributed by atoms with van der Waals surface area (Å²) in [6, 6.07) is 1.11. The molecule has 0 aromatic carbocycles. The van der Waals surface area contributed by atoms with E-state index in [4.69, 9.17) is 9.47 Å². The van der Waals surface area contributed by atoms with E-state index >= 15 is 0 Å². The second kappa shape index (κ2) is 6.08. The molecule has 0 unspecified atom stereocenters. The Balaban J connectivity index is 4.02. The average Bonchev–Trinajstić information content (AvgIpc) is 2.00. The summed E-state index contributed by atoms with van der Waals surface area (Å²) in [6.07, 6.45) is 2.08. The molecule has 0 bridgehead atoms. The molecule has 0 N–H and O–H groups in total. The third-order valence-electron chi connectivity index (χ3n) is 1.45. The van der Waals surface area contributed by atoms with Crippen molar-refractivity contribution in [3.8, 4) is 0 Å². The van der Waals surface area contributed by atoms with Crippen molar-refractivity contribution >= 4 is 8.07 Å². The van der Waals surface area contributed by atoms with Crippen molar-refractivity contribution in [1.29, 1.82) is 0 Å². The molecule has 0 aliphatic heterocycles. The lowest BCUT2D eigenvalue weighted by Gasteiger charge is -2.14. The van der Waals surface area contributed by atoms with Gasteiger partial charge in [-0.3, -0.25) is 0 Å². The molecule has 0 radical (unpaired) electrons. The number of hydrogen-bond acceptors (Lipinski definition) is 2. The second-order valence-corrected chi connectivity index (χ2v) is 9.68. The molecule has 0 amide bonds. The molecule has 13 heavy (non-hydrogen) atoms. The molecule has 78 valence electrons. The molecule has 0 aliphatic carbocycles. The van der Waals surface area contributed by atoms with Gasteiger partial charge in [0, 0.05) is 8.07 Å². The van der Waals surface area contributed by atoms with Gasteiger partial charge < -0.3 is 9.47 Å². The lowest BCUT2D eigenvalue weighted by atomic mass is 10.6. The van der Waals surface area contributed by atoms with Crippen LogP contribution in [-0.2, 0) is 9.47 Å². The maximum atomic E-state index is 5.34. The van der Waals surface area contributed by atoms with Gasteiger partial charge >= 0.3 is 0 Å². The van der Waals surface area contributed by atoms with Crippen LogP contribution in [0.5, 0.6) is 0 Å². The van der Waals surface area contributed by atoms with Crippen LogP contribution >= 0.6 is 0 Å². The Labute approximate surface area is 82.9 Å². The summed E-state index contributed by atoms with van der Waals surface area (Å²) in [6.45, 7) is 12.3. The van der Waals surface area contributed by atoms with Crippen LogP contribution in [-0.4, -0.2) is 21.3 Å². The van der Waals surface area contributed by atoms with E-state index in [2.05, 4.69) is 25.7 Å². The Hall–Kier alpha value is -0.443. The minimum absolute atomic E-state index is 0.678. The van der Waals surface area contributed by atoms with E-state index < -0.39 is 8.07 Å². The average molecular weight is 202 g/mol. The first kappa shape index (κ1) is 12.6. The monoisotopic (exact) mass is 202 g/mol. The van der Waals surface area contributed by atoms with Crippen molar-refractivity contribution in [2.45, 2.75) is 39.5 Å². The van der Waals surface area contributed by atoms with Crippen molar-refractivity contribution in [1.82, 2.24) is 0 Å². The highest BCUT2D eigenvalue weighted by Gasteiger charge is 2.11. The highest BCUT2D eigenvalue weighted by molar-refractivity contribution is 6.76. The van der Waals surface area contributed by atoms with Gasteiger partial charge in [-0.25, -0.2) is 0 Å². The quantitative estimate of drug-likeness (QED) is 0.486. The van der Waals surface area contributed by atoms with Crippen LogP contribution in [0.4, 0.5) is 0 Å². The molecule has 0 aromatic heterocycles. The van der Waals surface area contributed by atoms with Gasteiger partial charge in [0.1, 0.15) is 0 Å². The smallest absolute Gasteiger partial charge is 0.274 e.